The first-order valence-electron chi connectivity index (χ1n) is 5.37. The predicted molar refractivity (Wildman–Crippen MR) is 68.7 cm³/mol. The number of nitrogens with zero attached hydrogens (tertiary/aromatic N) is 1. The van der Waals surface area contributed by atoms with Gasteiger partial charge in [-0.15, -0.1) is 0 Å². The van der Waals surface area contributed by atoms with Crippen LogP contribution < -0.4 is 4.74 Å². The van der Waals surface area contributed by atoms with E-state index in [1.54, 1.807) is 12.1 Å². The second-order valence-electron chi connectivity index (χ2n) is 3.93. The number of benzene rings is 1. The molecule has 0 amide bonds. The number of hydrogen-bond acceptors (Lipinski definition) is 4. The van der Waals surface area contributed by atoms with E-state index in [4.69, 9.17) is 9.84 Å². The normalized spacial score (nSPS) is 16.7. The molecule has 1 aromatic rings. The molecule has 0 fully saturated rings. The van der Waals surface area contributed by atoms with Gasteiger partial charge in [-0.05, 0) is 24.6 Å². The summed E-state index contributed by atoms with van der Waals surface area (Å²) in [6.07, 6.45) is 1.01. The summed E-state index contributed by atoms with van der Waals surface area (Å²) in [6.45, 7) is 1.75. The number of aliphatic carboxylic acids is 1. The van der Waals surface area contributed by atoms with Crippen LogP contribution in [-0.4, -0.2) is 31.8 Å². The number of sulfonamides is 1. The van der Waals surface area contributed by atoms with E-state index in [2.05, 4.69) is 4.40 Å². The zero-order valence-corrected chi connectivity index (χ0v) is 10.8. The van der Waals surface area contributed by atoms with E-state index in [1.165, 1.54) is 0 Å². The van der Waals surface area contributed by atoms with Gasteiger partial charge in [-0.3, -0.25) is 0 Å². The molecule has 1 aliphatic heterocycles. The van der Waals surface area contributed by atoms with Crippen molar-refractivity contribution in [2.45, 2.75) is 6.92 Å². The molecule has 0 saturated carbocycles. The molecule has 1 heterocycles. The number of rotatable bonds is 4. The molecular formula is C12H11NO5S. The van der Waals surface area contributed by atoms with Crippen LogP contribution in [0.2, 0.25) is 0 Å². The lowest BCUT2D eigenvalue weighted by Crippen LogP contribution is -2.08. The SMILES string of the molecule is Cc1ccccc1OCC1=NS(=O)(=O)C(C(=O)O)=C1. The van der Waals surface area contributed by atoms with E-state index in [0.29, 0.717) is 5.75 Å². The van der Waals surface area contributed by atoms with Crippen LogP contribution in [0.25, 0.3) is 0 Å². The Morgan fingerprint density at radius 2 is 2.05 bits per heavy atom. The first-order valence-corrected chi connectivity index (χ1v) is 6.81. The van der Waals surface area contributed by atoms with Crippen molar-refractivity contribution in [3.63, 3.8) is 0 Å². The fourth-order valence-electron chi connectivity index (χ4n) is 1.57. The summed E-state index contributed by atoms with van der Waals surface area (Å²) in [5.74, 6) is -0.922. The molecule has 2 rings (SSSR count). The topological polar surface area (TPSA) is 93.0 Å². The van der Waals surface area contributed by atoms with Gasteiger partial charge in [0.1, 0.15) is 12.4 Å². The van der Waals surface area contributed by atoms with Gasteiger partial charge in [-0.1, -0.05) is 18.2 Å². The highest BCUT2D eigenvalue weighted by molar-refractivity contribution is 7.95. The number of para-hydroxylation sites is 1. The third-order valence-electron chi connectivity index (χ3n) is 2.49. The first kappa shape index (κ1) is 13.3. The van der Waals surface area contributed by atoms with Crippen LogP contribution in [-0.2, 0) is 14.8 Å². The zero-order chi connectivity index (χ0) is 14.0. The summed E-state index contributed by atoms with van der Waals surface area (Å²) in [5.41, 5.74) is 0.965. The summed E-state index contributed by atoms with van der Waals surface area (Å²) < 4.78 is 31.6. The van der Waals surface area contributed by atoms with E-state index < -0.39 is 20.9 Å². The van der Waals surface area contributed by atoms with Gasteiger partial charge in [0.2, 0.25) is 0 Å². The fraction of sp³-hybridized carbons (Fsp3) is 0.167. The summed E-state index contributed by atoms with van der Waals surface area (Å²) in [7, 11) is -4.08. The third kappa shape index (κ3) is 2.82. The molecule has 0 saturated heterocycles. The van der Waals surface area contributed by atoms with E-state index in [9.17, 15) is 13.2 Å². The summed E-state index contributed by atoms with van der Waals surface area (Å²) in [5, 5.41) is 8.73. The monoisotopic (exact) mass is 281 g/mol. The van der Waals surface area contributed by atoms with Crippen molar-refractivity contribution in [2.75, 3.05) is 6.61 Å². The van der Waals surface area contributed by atoms with Crippen LogP contribution in [0, 0.1) is 6.92 Å². The van der Waals surface area contributed by atoms with Gasteiger partial charge in [0.25, 0.3) is 10.0 Å². The maximum absolute atomic E-state index is 11.4. The maximum atomic E-state index is 11.4. The lowest BCUT2D eigenvalue weighted by atomic mass is 10.2. The van der Waals surface area contributed by atoms with Crippen LogP contribution in [0.15, 0.2) is 39.6 Å². The fourth-order valence-corrected chi connectivity index (χ4v) is 2.58. The molecule has 19 heavy (non-hydrogen) atoms. The molecule has 0 radical (unpaired) electrons. The molecule has 0 spiro atoms. The van der Waals surface area contributed by atoms with Crippen molar-refractivity contribution in [2.24, 2.45) is 4.40 Å². The minimum Gasteiger partial charge on any atom is -0.487 e. The molecular weight excluding hydrogens is 270 g/mol. The van der Waals surface area contributed by atoms with Gasteiger partial charge >= 0.3 is 5.97 Å². The largest absolute Gasteiger partial charge is 0.487 e. The number of hydrogen-bond donors (Lipinski definition) is 1. The van der Waals surface area contributed by atoms with Gasteiger partial charge in [0.05, 0.1) is 5.71 Å². The molecule has 6 nitrogen and oxygen atoms in total. The molecule has 7 heteroatoms. The molecule has 1 N–H and O–H groups in total. The van der Waals surface area contributed by atoms with E-state index in [-0.39, 0.29) is 12.3 Å². The molecule has 1 aromatic carbocycles. The molecule has 1 aliphatic rings. The minimum atomic E-state index is -4.08. The highest BCUT2D eigenvalue weighted by Crippen LogP contribution is 2.19. The van der Waals surface area contributed by atoms with Crippen LogP contribution in [0.3, 0.4) is 0 Å². The second kappa shape index (κ2) is 4.85. The molecule has 0 aromatic heterocycles. The van der Waals surface area contributed by atoms with Crippen LogP contribution in [0.4, 0.5) is 0 Å². The molecule has 0 aliphatic carbocycles. The van der Waals surface area contributed by atoms with Gasteiger partial charge in [-0.25, -0.2) is 4.79 Å². The van der Waals surface area contributed by atoms with Crippen LogP contribution >= 0.6 is 0 Å². The quantitative estimate of drug-likeness (QED) is 0.892. The van der Waals surface area contributed by atoms with Gasteiger partial charge in [0.15, 0.2) is 4.91 Å². The molecule has 0 atom stereocenters. The summed E-state index contributed by atoms with van der Waals surface area (Å²) in [4.78, 5) is 10.0. The number of carbonyl (C=O) groups is 1. The van der Waals surface area contributed by atoms with E-state index in [1.807, 2.05) is 19.1 Å². The van der Waals surface area contributed by atoms with Gasteiger partial charge in [0, 0.05) is 0 Å². The molecule has 0 bridgehead atoms. The van der Waals surface area contributed by atoms with Crippen molar-refractivity contribution < 1.29 is 23.1 Å². The van der Waals surface area contributed by atoms with Crippen molar-refractivity contribution in [1.29, 1.82) is 0 Å². The Bertz CT molecular complexity index is 688. The Morgan fingerprint density at radius 3 is 2.63 bits per heavy atom. The molecule has 0 unspecified atom stereocenters. The Kier molecular flexibility index (Phi) is 3.39. The van der Waals surface area contributed by atoms with Crippen molar-refractivity contribution in [1.82, 2.24) is 0 Å². The van der Waals surface area contributed by atoms with E-state index >= 15 is 0 Å². The Labute approximate surface area is 110 Å². The Morgan fingerprint density at radius 1 is 1.37 bits per heavy atom. The predicted octanol–water partition coefficient (Wildman–Crippen LogP) is 1.13. The Balaban J connectivity index is 2.15. The van der Waals surface area contributed by atoms with Gasteiger partial charge < -0.3 is 9.84 Å². The number of ether oxygens (including phenoxy) is 1. The third-order valence-corrected chi connectivity index (χ3v) is 3.82. The number of carboxylic acid groups (broad SMARTS) is 1. The number of carboxylic acids is 1. The standard InChI is InChI=1S/C12H11NO5S/c1-8-4-2-3-5-10(8)18-7-9-6-11(12(14)15)19(16,17)13-9/h2-6H,7H2,1H3,(H,14,15). The van der Waals surface area contributed by atoms with Gasteiger partial charge in [-0.2, -0.15) is 12.8 Å². The lowest BCUT2D eigenvalue weighted by Gasteiger charge is -2.06. The van der Waals surface area contributed by atoms with Crippen molar-refractivity contribution in [3.05, 3.63) is 40.8 Å². The first-order chi connectivity index (χ1) is 8.90. The molecule has 100 valence electrons. The second-order valence-corrected chi connectivity index (χ2v) is 5.50. The number of aryl methyl sites for hydroxylation is 1. The lowest BCUT2D eigenvalue weighted by molar-refractivity contribution is -0.131. The highest BCUT2D eigenvalue weighted by atomic mass is 32.2. The minimum absolute atomic E-state index is 0.0700. The van der Waals surface area contributed by atoms with Crippen LogP contribution in [0.5, 0.6) is 5.75 Å². The zero-order valence-electron chi connectivity index (χ0n) is 10.0. The van der Waals surface area contributed by atoms with Crippen molar-refractivity contribution in [3.8, 4) is 5.75 Å². The smallest absolute Gasteiger partial charge is 0.349 e. The van der Waals surface area contributed by atoms with Crippen molar-refractivity contribution >= 4 is 21.7 Å². The average Bonchev–Trinajstić information content (AvgIpc) is 2.63. The van der Waals surface area contributed by atoms with Crippen LogP contribution in [0.1, 0.15) is 5.56 Å². The van der Waals surface area contributed by atoms with E-state index in [0.717, 1.165) is 11.6 Å². The Hall–Kier alpha value is -2.15. The summed E-state index contributed by atoms with van der Waals surface area (Å²) >= 11 is 0. The summed E-state index contributed by atoms with van der Waals surface area (Å²) in [6, 6.07) is 7.22. The maximum Gasteiger partial charge on any atom is 0.349 e. The average molecular weight is 281 g/mol. The highest BCUT2D eigenvalue weighted by Gasteiger charge is 2.30.